The third-order valence-electron chi connectivity index (χ3n) is 3.24. The summed E-state index contributed by atoms with van der Waals surface area (Å²) in [6.45, 7) is -0.297. The van der Waals surface area contributed by atoms with Crippen LogP contribution in [0.15, 0.2) is 42.5 Å². The summed E-state index contributed by atoms with van der Waals surface area (Å²) in [6, 6.07) is 10.7. The summed E-state index contributed by atoms with van der Waals surface area (Å²) in [5.74, 6) is -0.146. The van der Waals surface area contributed by atoms with Crippen molar-refractivity contribution in [2.45, 2.75) is 0 Å². The van der Waals surface area contributed by atoms with Crippen molar-refractivity contribution in [3.8, 4) is 5.75 Å². The Balaban J connectivity index is 1.50. The number of nitrogens with one attached hydrogen (secondary N) is 2. The van der Waals surface area contributed by atoms with Crippen LogP contribution in [0.3, 0.4) is 0 Å². The van der Waals surface area contributed by atoms with Crippen molar-refractivity contribution in [2.24, 2.45) is 0 Å². The summed E-state index contributed by atoms with van der Waals surface area (Å²) in [4.78, 5) is 26.3. The lowest BCUT2D eigenvalue weighted by Crippen LogP contribution is -2.37. The highest BCUT2D eigenvalue weighted by Gasteiger charge is 2.10. The molecule has 0 saturated carbocycles. The van der Waals surface area contributed by atoms with Gasteiger partial charge in [-0.05, 0) is 42.5 Å². The first-order chi connectivity index (χ1) is 12.9. The smallest absolute Gasteiger partial charge is 0.269 e. The fourth-order valence-corrected chi connectivity index (χ4v) is 3.48. The highest BCUT2D eigenvalue weighted by atomic mass is 35.5. The maximum Gasteiger partial charge on any atom is 0.269 e. The molecule has 0 atom stereocenters. The zero-order valence-corrected chi connectivity index (χ0v) is 15.9. The number of aromatic nitrogens is 1. The second-order valence-corrected chi connectivity index (χ2v) is 7.05. The molecule has 0 radical (unpaired) electrons. The molecule has 0 fully saturated rings. The maximum atomic E-state index is 11.9. The number of fused-ring (bicyclic) bond motifs is 1. The van der Waals surface area contributed by atoms with Crippen molar-refractivity contribution < 1.29 is 14.5 Å². The molecule has 0 unspecified atom stereocenters. The Kier molecular flexibility index (Phi) is 5.79. The molecular weight excluding hydrogens is 412 g/mol. The van der Waals surface area contributed by atoms with Gasteiger partial charge in [0.1, 0.15) is 5.75 Å². The number of anilines is 1. The van der Waals surface area contributed by atoms with Gasteiger partial charge in [0.15, 0.2) is 16.9 Å². The van der Waals surface area contributed by atoms with Gasteiger partial charge in [-0.2, -0.15) is 0 Å². The van der Waals surface area contributed by atoms with E-state index in [0.717, 1.165) is 10.2 Å². The quantitative estimate of drug-likeness (QED) is 0.366. The van der Waals surface area contributed by atoms with E-state index < -0.39 is 10.8 Å². The second kappa shape index (κ2) is 8.25. The van der Waals surface area contributed by atoms with Crippen LogP contribution >= 0.6 is 35.2 Å². The highest BCUT2D eigenvalue weighted by molar-refractivity contribution is 7.80. The van der Waals surface area contributed by atoms with Gasteiger partial charge in [-0.1, -0.05) is 22.9 Å². The van der Waals surface area contributed by atoms with Crippen LogP contribution in [-0.4, -0.2) is 27.5 Å². The van der Waals surface area contributed by atoms with Crippen LogP contribution in [0, 0.1) is 10.1 Å². The number of non-ortho nitro benzene ring substituents is 1. The number of carbonyl (C=O) groups excluding carboxylic acids is 1. The summed E-state index contributed by atoms with van der Waals surface area (Å²) >= 11 is 12.4. The van der Waals surface area contributed by atoms with Crippen molar-refractivity contribution in [1.82, 2.24) is 10.3 Å². The van der Waals surface area contributed by atoms with E-state index in [1.807, 2.05) is 0 Å². The molecule has 138 valence electrons. The summed E-state index contributed by atoms with van der Waals surface area (Å²) in [6.07, 6.45) is 0. The SMILES string of the molecule is O=C(COc1ccc([N+](=O)[O-])cc1)NC(=S)Nc1nc2ccc(Cl)cc2s1. The first-order valence-corrected chi connectivity index (χ1v) is 9.05. The third kappa shape index (κ3) is 5.09. The predicted molar refractivity (Wildman–Crippen MR) is 108 cm³/mol. The lowest BCUT2D eigenvalue weighted by atomic mass is 10.3. The number of thiazole rings is 1. The number of halogens is 1. The third-order valence-corrected chi connectivity index (χ3v) is 4.61. The van der Waals surface area contributed by atoms with Crippen molar-refractivity contribution in [3.05, 3.63) is 57.6 Å². The number of thiocarbonyl (C=S) groups is 1. The average molecular weight is 423 g/mol. The number of benzene rings is 2. The van der Waals surface area contributed by atoms with Gasteiger partial charge in [0.2, 0.25) is 0 Å². The predicted octanol–water partition coefficient (Wildman–Crippen LogP) is 3.75. The molecule has 1 amide bonds. The minimum absolute atomic E-state index is 0.0608. The van der Waals surface area contributed by atoms with Crippen LogP contribution in [0.1, 0.15) is 0 Å². The van der Waals surface area contributed by atoms with E-state index in [1.54, 1.807) is 18.2 Å². The minimum atomic E-state index is -0.517. The summed E-state index contributed by atoms with van der Waals surface area (Å²) in [5, 5.41) is 17.1. The maximum absolute atomic E-state index is 11.9. The van der Waals surface area contributed by atoms with Gasteiger partial charge in [-0.25, -0.2) is 4.98 Å². The van der Waals surface area contributed by atoms with Gasteiger partial charge in [0, 0.05) is 17.2 Å². The number of amides is 1. The number of nitrogens with zero attached hydrogens (tertiary/aromatic N) is 2. The molecule has 2 aromatic carbocycles. The molecule has 3 aromatic rings. The molecule has 0 saturated heterocycles. The van der Waals surface area contributed by atoms with Gasteiger partial charge in [0.25, 0.3) is 11.6 Å². The monoisotopic (exact) mass is 422 g/mol. The number of rotatable bonds is 5. The van der Waals surface area contributed by atoms with Gasteiger partial charge >= 0.3 is 0 Å². The topological polar surface area (TPSA) is 106 Å². The van der Waals surface area contributed by atoms with Gasteiger partial charge < -0.3 is 10.1 Å². The fourth-order valence-electron chi connectivity index (χ4n) is 2.06. The Bertz CT molecular complexity index is 1020. The molecular formula is C16H11ClN4O4S2. The molecule has 0 aliphatic carbocycles. The van der Waals surface area contributed by atoms with Gasteiger partial charge in [-0.3, -0.25) is 20.2 Å². The number of nitro groups is 1. The second-order valence-electron chi connectivity index (χ2n) is 5.17. The number of hydrogen-bond acceptors (Lipinski definition) is 7. The van der Waals surface area contributed by atoms with Crippen molar-refractivity contribution >= 4 is 67.2 Å². The lowest BCUT2D eigenvalue weighted by Gasteiger charge is -2.08. The fraction of sp³-hybridized carbons (Fsp3) is 0.0625. The molecule has 0 spiro atoms. The molecule has 27 heavy (non-hydrogen) atoms. The highest BCUT2D eigenvalue weighted by Crippen LogP contribution is 2.28. The van der Waals surface area contributed by atoms with E-state index in [0.29, 0.717) is 15.9 Å². The number of carbonyl (C=O) groups is 1. The lowest BCUT2D eigenvalue weighted by molar-refractivity contribution is -0.384. The van der Waals surface area contributed by atoms with Crippen LogP contribution in [0.4, 0.5) is 10.8 Å². The molecule has 8 nitrogen and oxygen atoms in total. The number of hydrogen-bond donors (Lipinski definition) is 2. The van der Waals surface area contributed by atoms with E-state index in [4.69, 9.17) is 28.6 Å². The Hall–Kier alpha value is -2.82. The van der Waals surface area contributed by atoms with Gasteiger partial charge in [0.05, 0.1) is 15.1 Å². The summed E-state index contributed by atoms with van der Waals surface area (Å²) < 4.78 is 6.15. The zero-order valence-electron chi connectivity index (χ0n) is 13.5. The average Bonchev–Trinajstić information content (AvgIpc) is 3.01. The summed E-state index contributed by atoms with van der Waals surface area (Å²) in [5.41, 5.74) is 0.705. The van der Waals surface area contributed by atoms with Crippen LogP contribution in [0.25, 0.3) is 10.2 Å². The van der Waals surface area contributed by atoms with Crippen LogP contribution in [0.2, 0.25) is 5.02 Å². The molecule has 0 bridgehead atoms. The first kappa shape index (κ1) is 19.0. The van der Waals surface area contributed by atoms with Crippen LogP contribution in [0.5, 0.6) is 5.75 Å². The normalized spacial score (nSPS) is 10.4. The molecule has 0 aliphatic heterocycles. The molecule has 1 aromatic heterocycles. The number of nitro benzene ring substituents is 1. The van der Waals surface area contributed by atoms with E-state index in [9.17, 15) is 14.9 Å². The Morgan fingerprint density at radius 2 is 2.04 bits per heavy atom. The Morgan fingerprint density at radius 3 is 2.74 bits per heavy atom. The molecule has 11 heteroatoms. The van der Waals surface area contributed by atoms with E-state index in [-0.39, 0.29) is 17.4 Å². The molecule has 0 aliphatic rings. The molecule has 1 heterocycles. The van der Waals surface area contributed by atoms with Crippen LogP contribution in [-0.2, 0) is 4.79 Å². The van der Waals surface area contributed by atoms with Crippen molar-refractivity contribution in [2.75, 3.05) is 11.9 Å². The minimum Gasteiger partial charge on any atom is -0.484 e. The zero-order chi connectivity index (χ0) is 19.4. The van der Waals surface area contributed by atoms with E-state index in [1.165, 1.54) is 35.6 Å². The summed E-state index contributed by atoms with van der Waals surface area (Å²) in [7, 11) is 0. The standard InChI is InChI=1S/C16H11ClN4O4S2/c17-9-1-6-12-13(7-9)27-16(18-12)20-15(26)19-14(22)8-25-11-4-2-10(3-5-11)21(23)24/h1-7H,8H2,(H2,18,19,20,22,26). The van der Waals surface area contributed by atoms with Crippen molar-refractivity contribution in [3.63, 3.8) is 0 Å². The first-order valence-electron chi connectivity index (χ1n) is 7.45. The molecule has 3 rings (SSSR count). The number of ether oxygens (including phenoxy) is 1. The Morgan fingerprint density at radius 1 is 1.30 bits per heavy atom. The van der Waals surface area contributed by atoms with E-state index in [2.05, 4.69) is 15.6 Å². The largest absolute Gasteiger partial charge is 0.484 e. The molecule has 2 N–H and O–H groups in total. The Labute approximate surface area is 167 Å². The van der Waals surface area contributed by atoms with Crippen molar-refractivity contribution in [1.29, 1.82) is 0 Å². The van der Waals surface area contributed by atoms with Gasteiger partial charge in [-0.15, -0.1) is 0 Å². The van der Waals surface area contributed by atoms with E-state index >= 15 is 0 Å². The van der Waals surface area contributed by atoms with Crippen LogP contribution < -0.4 is 15.4 Å².